The van der Waals surface area contributed by atoms with Gasteiger partial charge in [0.1, 0.15) is 6.10 Å². The lowest BCUT2D eigenvalue weighted by Crippen LogP contribution is -2.29. The van der Waals surface area contributed by atoms with Crippen molar-refractivity contribution in [1.29, 1.82) is 0 Å². The maximum absolute atomic E-state index is 10.9. The van der Waals surface area contributed by atoms with Crippen molar-refractivity contribution in [2.75, 3.05) is 5.75 Å². The minimum absolute atomic E-state index is 0.0937. The molecule has 1 unspecified atom stereocenters. The Morgan fingerprint density at radius 3 is 2.21 bits per heavy atom. The smallest absolute Gasteiger partial charge is 0.265 e. The number of aliphatic hydroxyl groups is 1. The Labute approximate surface area is 81.7 Å². The van der Waals surface area contributed by atoms with E-state index in [0.29, 0.717) is 0 Å². The molecule has 0 fully saturated rings. The molecule has 6 nitrogen and oxygen atoms in total. The van der Waals surface area contributed by atoms with Gasteiger partial charge in [-0.2, -0.15) is 8.42 Å². The highest BCUT2D eigenvalue weighted by Crippen LogP contribution is 1.98. The van der Waals surface area contributed by atoms with E-state index < -0.39 is 40.0 Å². The molecule has 0 aliphatic heterocycles. The van der Waals surface area contributed by atoms with Crippen molar-refractivity contribution in [3.8, 4) is 0 Å². The zero-order valence-electron chi connectivity index (χ0n) is 7.63. The summed E-state index contributed by atoms with van der Waals surface area (Å²) in [4.78, 5) is 21.8. The third-order valence-corrected chi connectivity index (χ3v) is 2.27. The minimum atomic E-state index is -4.24. The Morgan fingerprint density at radius 2 is 1.86 bits per heavy atom. The summed E-state index contributed by atoms with van der Waals surface area (Å²) in [5, 5.41) is 8.94. The van der Waals surface area contributed by atoms with E-state index in [1.807, 2.05) is 0 Å². The first kappa shape index (κ1) is 13.2. The molecule has 0 amide bonds. The van der Waals surface area contributed by atoms with Gasteiger partial charge in [-0.25, -0.2) is 0 Å². The maximum atomic E-state index is 10.9. The molecule has 0 spiro atoms. The number of hydrogen-bond donors (Lipinski definition) is 2. The third-order valence-electron chi connectivity index (χ3n) is 1.55. The average molecular weight is 224 g/mol. The van der Waals surface area contributed by atoms with Gasteiger partial charge in [-0.3, -0.25) is 14.1 Å². The van der Waals surface area contributed by atoms with Crippen LogP contribution in [0.4, 0.5) is 0 Å². The monoisotopic (exact) mass is 224 g/mol. The van der Waals surface area contributed by atoms with E-state index in [0.717, 1.165) is 0 Å². The first-order valence-electron chi connectivity index (χ1n) is 3.98. The lowest BCUT2D eigenvalue weighted by Gasteiger charge is -2.04. The van der Waals surface area contributed by atoms with Crippen molar-refractivity contribution >= 4 is 21.7 Å². The van der Waals surface area contributed by atoms with Gasteiger partial charge in [-0.05, 0) is 6.42 Å². The summed E-state index contributed by atoms with van der Waals surface area (Å²) in [5.74, 6) is -2.80. The summed E-state index contributed by atoms with van der Waals surface area (Å²) in [7, 11) is -4.24. The normalized spacial score (nSPS) is 13.6. The lowest BCUT2D eigenvalue weighted by molar-refractivity contribution is -0.141. The molecule has 0 bridgehead atoms. The fourth-order valence-corrected chi connectivity index (χ4v) is 1.16. The van der Waals surface area contributed by atoms with Gasteiger partial charge in [0, 0.05) is 6.42 Å². The van der Waals surface area contributed by atoms with Gasteiger partial charge in [-0.1, -0.05) is 6.92 Å². The average Bonchev–Trinajstić information content (AvgIpc) is 2.10. The van der Waals surface area contributed by atoms with Crippen LogP contribution < -0.4 is 0 Å². The van der Waals surface area contributed by atoms with E-state index >= 15 is 0 Å². The van der Waals surface area contributed by atoms with Crippen molar-refractivity contribution in [3.63, 3.8) is 0 Å². The Morgan fingerprint density at radius 1 is 1.36 bits per heavy atom. The van der Waals surface area contributed by atoms with Gasteiger partial charge in [0.2, 0.25) is 11.6 Å². The second kappa shape index (κ2) is 5.18. The molecule has 0 aromatic heterocycles. The topological polar surface area (TPSA) is 109 Å². The van der Waals surface area contributed by atoms with Crippen LogP contribution >= 0.6 is 0 Å². The van der Waals surface area contributed by atoms with Crippen molar-refractivity contribution < 1.29 is 27.7 Å². The van der Waals surface area contributed by atoms with Crippen LogP contribution in [-0.2, 0) is 19.7 Å². The van der Waals surface area contributed by atoms with Crippen LogP contribution in [0.3, 0.4) is 0 Å². The standard InChI is InChI=1S/C7H12O6S/c1-2-5(8)7(10)6(9)3-4-14(11,12)13/h5,8H,2-4H2,1H3,(H,11,12,13). The minimum Gasteiger partial charge on any atom is -0.385 e. The van der Waals surface area contributed by atoms with Crippen LogP contribution in [0.15, 0.2) is 0 Å². The maximum Gasteiger partial charge on any atom is 0.265 e. The van der Waals surface area contributed by atoms with Gasteiger partial charge in [0.25, 0.3) is 10.1 Å². The second-order valence-corrected chi connectivity index (χ2v) is 4.32. The van der Waals surface area contributed by atoms with Crippen molar-refractivity contribution in [3.05, 3.63) is 0 Å². The summed E-state index contributed by atoms with van der Waals surface area (Å²) < 4.78 is 28.7. The Bertz CT molecular complexity index is 317. The third kappa shape index (κ3) is 5.05. The number of carbonyl (C=O) groups excluding carboxylic acids is 2. The van der Waals surface area contributed by atoms with E-state index in [1.54, 1.807) is 0 Å². The molecule has 0 aliphatic rings. The zero-order valence-corrected chi connectivity index (χ0v) is 8.45. The molecular weight excluding hydrogens is 212 g/mol. The highest BCUT2D eigenvalue weighted by Gasteiger charge is 2.22. The Balaban J connectivity index is 4.17. The number of hydrogen-bond acceptors (Lipinski definition) is 5. The molecule has 14 heavy (non-hydrogen) atoms. The number of ketones is 2. The highest BCUT2D eigenvalue weighted by atomic mass is 32.2. The molecular formula is C7H12O6S. The molecule has 0 aromatic rings. The van der Waals surface area contributed by atoms with E-state index in [2.05, 4.69) is 0 Å². The van der Waals surface area contributed by atoms with E-state index in [1.165, 1.54) is 6.92 Å². The van der Waals surface area contributed by atoms with Crippen molar-refractivity contribution in [2.24, 2.45) is 0 Å². The van der Waals surface area contributed by atoms with Gasteiger partial charge in [0.05, 0.1) is 5.75 Å². The molecule has 7 heteroatoms. The Hall–Kier alpha value is -0.790. The number of carbonyl (C=O) groups is 2. The van der Waals surface area contributed by atoms with E-state index in [4.69, 9.17) is 9.66 Å². The van der Waals surface area contributed by atoms with Crippen LogP contribution in [0.1, 0.15) is 19.8 Å². The van der Waals surface area contributed by atoms with Crippen molar-refractivity contribution in [2.45, 2.75) is 25.9 Å². The van der Waals surface area contributed by atoms with Crippen LogP contribution in [0.25, 0.3) is 0 Å². The highest BCUT2D eigenvalue weighted by molar-refractivity contribution is 7.85. The van der Waals surface area contributed by atoms with Crippen LogP contribution in [-0.4, -0.2) is 41.5 Å². The van der Waals surface area contributed by atoms with E-state index in [9.17, 15) is 18.0 Å². The summed E-state index contributed by atoms with van der Waals surface area (Å²) >= 11 is 0. The second-order valence-electron chi connectivity index (χ2n) is 2.75. The summed E-state index contributed by atoms with van der Waals surface area (Å²) in [6.07, 6.45) is -1.89. The van der Waals surface area contributed by atoms with Crippen LogP contribution in [0.5, 0.6) is 0 Å². The summed E-state index contributed by atoms with van der Waals surface area (Å²) in [6.45, 7) is 1.51. The number of rotatable bonds is 6. The van der Waals surface area contributed by atoms with Gasteiger partial charge in [0.15, 0.2) is 0 Å². The molecule has 2 N–H and O–H groups in total. The fourth-order valence-electron chi connectivity index (χ4n) is 0.716. The summed E-state index contributed by atoms with van der Waals surface area (Å²) in [6, 6.07) is 0. The molecule has 0 heterocycles. The zero-order chi connectivity index (χ0) is 11.4. The molecule has 0 aromatic carbocycles. The molecule has 0 saturated heterocycles. The molecule has 0 rings (SSSR count). The largest absolute Gasteiger partial charge is 0.385 e. The van der Waals surface area contributed by atoms with Crippen LogP contribution in [0.2, 0.25) is 0 Å². The molecule has 0 aliphatic carbocycles. The molecule has 82 valence electrons. The molecule has 1 atom stereocenters. The quantitative estimate of drug-likeness (QED) is 0.450. The molecule has 0 saturated carbocycles. The number of aliphatic hydroxyl groups excluding tert-OH is 1. The summed E-state index contributed by atoms with van der Waals surface area (Å²) in [5.41, 5.74) is 0. The predicted octanol–water partition coefficient (Wildman–Crippen LogP) is -0.827. The number of Topliss-reactive ketones (excluding diaryl/α,β-unsaturated/α-hetero) is 2. The van der Waals surface area contributed by atoms with Gasteiger partial charge in [-0.15, -0.1) is 0 Å². The Kier molecular flexibility index (Phi) is 4.89. The lowest BCUT2D eigenvalue weighted by atomic mass is 10.1. The first-order chi connectivity index (χ1) is 6.28. The van der Waals surface area contributed by atoms with Gasteiger partial charge >= 0.3 is 0 Å². The predicted molar refractivity (Wildman–Crippen MR) is 47.3 cm³/mol. The van der Waals surface area contributed by atoms with Gasteiger partial charge < -0.3 is 5.11 Å². The van der Waals surface area contributed by atoms with E-state index in [-0.39, 0.29) is 6.42 Å². The SMILES string of the molecule is CCC(O)C(=O)C(=O)CCS(=O)(=O)O. The fraction of sp³-hybridized carbons (Fsp3) is 0.714. The molecule has 0 radical (unpaired) electrons. The van der Waals surface area contributed by atoms with Crippen LogP contribution in [0, 0.1) is 0 Å². The van der Waals surface area contributed by atoms with Crippen molar-refractivity contribution in [1.82, 2.24) is 0 Å². The first-order valence-corrected chi connectivity index (χ1v) is 5.59.